The van der Waals surface area contributed by atoms with Crippen LogP contribution in [0.2, 0.25) is 0 Å². The van der Waals surface area contributed by atoms with Gasteiger partial charge in [-0.25, -0.2) is 39.9 Å². The molecule has 4 spiro atoms. The lowest BCUT2D eigenvalue weighted by atomic mass is 9.74. The third kappa shape index (κ3) is 10.8. The van der Waals surface area contributed by atoms with Gasteiger partial charge in [0.1, 0.15) is 55.5 Å². The molecule has 84 heavy (non-hydrogen) atoms. The SMILES string of the molecule is C1=NC2(CC1)CCc1c(cccc1-c1ccccc1)C2.C1=NC2(CC1)CCc1c(cccc1-c1cncnc1)C2.CC1=N[C@@]2(CCc3c(-c4cncnc4)cccc3C2O)CO1.CC1=N[C@]2(CCc3c(-c4cncnc4)cccc3C2O)CO1. The summed E-state index contributed by atoms with van der Waals surface area (Å²) in [6, 6.07) is 36.2. The fourth-order valence-electron chi connectivity index (χ4n) is 14.3. The maximum absolute atomic E-state index is 10.9. The van der Waals surface area contributed by atoms with Crippen LogP contribution < -0.4 is 0 Å². The second kappa shape index (κ2) is 23.3. The van der Waals surface area contributed by atoms with E-state index in [1.54, 1.807) is 36.7 Å². The summed E-state index contributed by atoms with van der Waals surface area (Å²) in [4.78, 5) is 43.4. The van der Waals surface area contributed by atoms with Gasteiger partial charge < -0.3 is 19.7 Å². The van der Waals surface area contributed by atoms with Crippen molar-refractivity contribution >= 4 is 24.2 Å². The van der Waals surface area contributed by atoms with Gasteiger partial charge in [0, 0.05) is 67.7 Å². The van der Waals surface area contributed by atoms with Crippen LogP contribution in [0.4, 0.5) is 0 Å². The van der Waals surface area contributed by atoms with Crippen molar-refractivity contribution in [3.63, 3.8) is 0 Å². The standard InChI is InChI=1S/C19H19N.2C17H17N3O2.C17H17N3/c1-2-6-15(7-3-1)17-9-4-8-16-14-19(11-5-13-20-19)12-10-18(16)17;2*1-11-20-17(9-22-11)6-5-14-13(12-7-18-10-19-8-12)3-2-4-15(14)16(17)21;1-3-13-9-17(6-2-8-20-17)7-5-16(13)15(4-1)14-10-18-12-19-11-14/h1-4,6-9,13H,5,10-12,14H2;2*2-4,7-8,10,16,21H,5-6,9H2,1H3;1,3-4,8,10-12H,2,5-7,9H2/t;2*16?,17-;/m.10./s1. The Labute approximate surface area is 491 Å². The second-order valence-electron chi connectivity index (χ2n) is 23.7. The molecule has 14 nitrogen and oxygen atoms in total. The Balaban J connectivity index is 0.000000105. The topological polar surface area (TPSA) is 186 Å². The van der Waals surface area contributed by atoms with Gasteiger partial charge in [-0.2, -0.15) is 0 Å². The highest BCUT2D eigenvalue weighted by molar-refractivity contribution is 5.78. The van der Waals surface area contributed by atoms with Gasteiger partial charge in [0.25, 0.3) is 0 Å². The largest absolute Gasteiger partial charge is 0.479 e. The highest BCUT2D eigenvalue weighted by Gasteiger charge is 2.48. The quantitative estimate of drug-likeness (QED) is 0.172. The summed E-state index contributed by atoms with van der Waals surface area (Å²) in [6.07, 6.45) is 33.5. The van der Waals surface area contributed by atoms with E-state index in [1.165, 1.54) is 71.7 Å². The number of benzene rings is 5. The Hall–Kier alpha value is -8.46. The molecule has 7 heterocycles. The Bertz CT molecular complexity index is 3560. The van der Waals surface area contributed by atoms with Crippen LogP contribution in [0.25, 0.3) is 44.5 Å². The van der Waals surface area contributed by atoms with Crippen molar-refractivity contribution < 1.29 is 19.7 Å². The molecule has 4 unspecified atom stereocenters. The number of fused-ring (bicyclic) bond motifs is 4. The smallest absolute Gasteiger partial charge is 0.180 e. The first-order chi connectivity index (χ1) is 41.1. The van der Waals surface area contributed by atoms with Crippen LogP contribution >= 0.6 is 0 Å². The molecule has 0 amide bonds. The van der Waals surface area contributed by atoms with Gasteiger partial charge in [-0.3, -0.25) is 9.98 Å². The van der Waals surface area contributed by atoms with E-state index in [0.29, 0.717) is 25.0 Å². The van der Waals surface area contributed by atoms with Crippen LogP contribution in [0.5, 0.6) is 0 Å². The average molecular weight is 1120 g/mol. The number of aliphatic imine (C=N–C) groups is 4. The van der Waals surface area contributed by atoms with Crippen molar-refractivity contribution in [3.05, 3.63) is 204 Å². The minimum atomic E-state index is -0.640. The summed E-state index contributed by atoms with van der Waals surface area (Å²) >= 11 is 0. The fraction of sp³-hybridized carbons (Fsp3) is 0.343. The van der Waals surface area contributed by atoms with E-state index >= 15 is 0 Å². The first-order valence-electron chi connectivity index (χ1n) is 29.7. The first-order valence-corrected chi connectivity index (χ1v) is 29.7. The predicted molar refractivity (Wildman–Crippen MR) is 329 cm³/mol. The molecule has 16 rings (SSSR count). The maximum atomic E-state index is 10.9. The van der Waals surface area contributed by atoms with E-state index in [2.05, 4.69) is 131 Å². The minimum Gasteiger partial charge on any atom is -0.479 e. The number of nitrogens with zero attached hydrogens (tertiary/aromatic N) is 10. The van der Waals surface area contributed by atoms with E-state index < -0.39 is 23.3 Å². The number of ether oxygens (including phenoxy) is 2. The third-order valence-electron chi connectivity index (χ3n) is 18.6. The van der Waals surface area contributed by atoms with Crippen LogP contribution in [0, 0.1) is 0 Å². The van der Waals surface area contributed by atoms with Crippen molar-refractivity contribution in [2.75, 3.05) is 13.2 Å². The highest BCUT2D eigenvalue weighted by Crippen LogP contribution is 2.48. The summed E-state index contributed by atoms with van der Waals surface area (Å²) in [7, 11) is 0. The molecule has 14 heteroatoms. The predicted octanol–water partition coefficient (Wildman–Crippen LogP) is 12.3. The number of aromatic nitrogens is 6. The van der Waals surface area contributed by atoms with E-state index in [0.717, 1.165) is 114 Å². The molecule has 8 aromatic rings. The molecule has 2 N–H and O–H groups in total. The molecule has 0 saturated heterocycles. The zero-order chi connectivity index (χ0) is 57.1. The summed E-state index contributed by atoms with van der Waals surface area (Å²) < 4.78 is 11.0. The molecule has 4 aliphatic heterocycles. The Morgan fingerprint density at radius 3 is 1.17 bits per heavy atom. The Morgan fingerprint density at radius 1 is 0.405 bits per heavy atom. The van der Waals surface area contributed by atoms with Gasteiger partial charge in [-0.15, -0.1) is 0 Å². The number of aliphatic hydroxyl groups is 2. The fourth-order valence-corrected chi connectivity index (χ4v) is 14.3. The minimum absolute atomic E-state index is 0.193. The Kier molecular flexibility index (Phi) is 15.2. The zero-order valence-corrected chi connectivity index (χ0v) is 47.8. The molecule has 3 aromatic heterocycles. The number of rotatable bonds is 4. The van der Waals surface area contributed by atoms with Gasteiger partial charge in [0.2, 0.25) is 0 Å². The number of hydrogen-bond acceptors (Lipinski definition) is 14. The monoisotopic (exact) mass is 1110 g/mol. The van der Waals surface area contributed by atoms with Gasteiger partial charge in [0.05, 0.1) is 11.1 Å². The van der Waals surface area contributed by atoms with Crippen molar-refractivity contribution in [2.45, 2.75) is 138 Å². The Morgan fingerprint density at radius 2 is 0.786 bits per heavy atom. The highest BCUT2D eigenvalue weighted by atomic mass is 16.5. The molecule has 424 valence electrons. The molecular formula is C70H70N10O4. The van der Waals surface area contributed by atoms with Gasteiger partial charge in [-0.05, 0) is 175 Å². The van der Waals surface area contributed by atoms with Crippen molar-refractivity contribution in [1.82, 2.24) is 29.9 Å². The van der Waals surface area contributed by atoms with E-state index in [4.69, 9.17) is 19.5 Å². The summed E-state index contributed by atoms with van der Waals surface area (Å²) in [5, 5.41) is 21.8. The lowest BCUT2D eigenvalue weighted by molar-refractivity contribution is 0.0522. The van der Waals surface area contributed by atoms with E-state index in [-0.39, 0.29) is 11.1 Å². The van der Waals surface area contributed by atoms with E-state index in [9.17, 15) is 10.2 Å². The van der Waals surface area contributed by atoms with Crippen molar-refractivity contribution in [2.24, 2.45) is 20.0 Å². The van der Waals surface area contributed by atoms with Crippen LogP contribution in [-0.4, -0.2) is 99.7 Å². The second-order valence-corrected chi connectivity index (χ2v) is 23.7. The zero-order valence-electron chi connectivity index (χ0n) is 47.8. The normalized spacial score (nSPS) is 25.3. The van der Waals surface area contributed by atoms with Gasteiger partial charge in [-0.1, -0.05) is 103 Å². The van der Waals surface area contributed by atoms with Crippen molar-refractivity contribution in [1.29, 1.82) is 0 Å². The summed E-state index contributed by atoms with van der Waals surface area (Å²) in [5.41, 5.74) is 18.9. The summed E-state index contributed by atoms with van der Waals surface area (Å²) in [5.74, 6) is 1.32. The van der Waals surface area contributed by atoms with E-state index in [1.807, 2.05) is 50.5 Å². The third-order valence-corrected chi connectivity index (χ3v) is 18.6. The average Bonchev–Trinajstić information content (AvgIpc) is 2.70. The lowest BCUT2D eigenvalue weighted by Crippen LogP contribution is -2.40. The number of aliphatic hydroxyl groups excluding tert-OH is 2. The summed E-state index contributed by atoms with van der Waals surface area (Å²) in [6.45, 7) is 4.60. The van der Waals surface area contributed by atoms with Crippen LogP contribution in [0.1, 0.15) is 122 Å². The molecule has 0 bridgehead atoms. The number of hydrogen-bond donors (Lipinski definition) is 2. The van der Waals surface area contributed by atoms with Gasteiger partial charge >= 0.3 is 0 Å². The van der Waals surface area contributed by atoms with Crippen molar-refractivity contribution in [3.8, 4) is 44.5 Å². The van der Waals surface area contributed by atoms with Gasteiger partial charge in [0.15, 0.2) is 11.8 Å². The van der Waals surface area contributed by atoms with Crippen LogP contribution in [0.15, 0.2) is 179 Å². The molecule has 5 aromatic carbocycles. The maximum Gasteiger partial charge on any atom is 0.180 e. The van der Waals surface area contributed by atoms with Crippen LogP contribution in [0.3, 0.4) is 0 Å². The molecule has 0 saturated carbocycles. The molecule has 0 fully saturated rings. The molecular weight excluding hydrogens is 1040 g/mol. The molecule has 4 aliphatic carbocycles. The molecule has 0 radical (unpaired) electrons. The lowest BCUT2D eigenvalue weighted by Gasteiger charge is -2.36. The first kappa shape index (κ1) is 54.8. The van der Waals surface area contributed by atoms with Crippen LogP contribution in [-0.2, 0) is 48.0 Å². The molecule has 8 aliphatic rings. The molecule has 6 atom stereocenters.